The molecule has 1 aromatic carbocycles. The van der Waals surface area contributed by atoms with Gasteiger partial charge in [-0.1, -0.05) is 30.1 Å². The van der Waals surface area contributed by atoms with Crippen LogP contribution in [0.4, 0.5) is 0 Å². The van der Waals surface area contributed by atoms with Crippen LogP contribution in [-0.2, 0) is 14.3 Å². The van der Waals surface area contributed by atoms with E-state index in [0.29, 0.717) is 6.42 Å². The van der Waals surface area contributed by atoms with E-state index in [0.717, 1.165) is 4.90 Å². The summed E-state index contributed by atoms with van der Waals surface area (Å²) in [5, 5.41) is 2.97. The van der Waals surface area contributed by atoms with Gasteiger partial charge in [-0.3, -0.25) is 24.1 Å². The van der Waals surface area contributed by atoms with E-state index in [-0.39, 0.29) is 21.2 Å². The van der Waals surface area contributed by atoms with Crippen LogP contribution in [0.15, 0.2) is 12.1 Å². The lowest BCUT2D eigenvalue weighted by molar-refractivity contribution is -0.149. The fourth-order valence-electron chi connectivity index (χ4n) is 2.25. The van der Waals surface area contributed by atoms with Gasteiger partial charge >= 0.3 is 5.97 Å². The molecule has 1 aromatic rings. The third kappa shape index (κ3) is 4.34. The molecule has 1 heterocycles. The van der Waals surface area contributed by atoms with Crippen molar-refractivity contribution >= 4 is 46.9 Å². The maximum absolute atomic E-state index is 12.3. The molecule has 1 N–H and O–H groups in total. The topological polar surface area (TPSA) is 92.8 Å². The summed E-state index contributed by atoms with van der Waals surface area (Å²) in [6.45, 7) is 4.48. The van der Waals surface area contributed by atoms with E-state index in [2.05, 4.69) is 5.32 Å². The molecule has 1 aliphatic rings. The Hall–Kier alpha value is -2.12. The van der Waals surface area contributed by atoms with Crippen molar-refractivity contribution in [2.24, 2.45) is 0 Å². The number of hydrogen-bond acceptors (Lipinski definition) is 5. The Morgan fingerprint density at radius 1 is 1.12 bits per heavy atom. The van der Waals surface area contributed by atoms with E-state index < -0.39 is 42.4 Å². The van der Waals surface area contributed by atoms with Gasteiger partial charge in [0.1, 0.15) is 6.54 Å². The highest BCUT2D eigenvalue weighted by atomic mass is 35.5. The molecule has 3 amide bonds. The third-order valence-electron chi connectivity index (χ3n) is 4.02. The number of nitrogens with one attached hydrogen (secondary N) is 1. The zero-order valence-corrected chi connectivity index (χ0v) is 16.0. The number of nitrogens with zero attached hydrogens (tertiary/aromatic N) is 1. The highest BCUT2D eigenvalue weighted by Crippen LogP contribution is 2.31. The average molecular weight is 401 g/mol. The number of fused-ring (bicyclic) bond motifs is 1. The third-order valence-corrected chi connectivity index (χ3v) is 4.75. The maximum Gasteiger partial charge on any atom is 0.326 e. The summed E-state index contributed by atoms with van der Waals surface area (Å²) in [6.07, 6.45) is 0.701. The number of hydrogen-bond donors (Lipinski definition) is 1. The number of amides is 3. The van der Waals surface area contributed by atoms with Crippen molar-refractivity contribution in [3.8, 4) is 0 Å². The van der Waals surface area contributed by atoms with E-state index in [4.69, 9.17) is 27.9 Å². The molecule has 9 heteroatoms. The molecule has 0 saturated heterocycles. The molecule has 26 heavy (non-hydrogen) atoms. The lowest BCUT2D eigenvalue weighted by atomic mass is 10.0. The Bertz CT molecular complexity index is 751. The number of carbonyl (C=O) groups is 4. The fraction of sp³-hybridized carbons (Fsp3) is 0.412. The van der Waals surface area contributed by atoms with Gasteiger partial charge in [0.25, 0.3) is 17.7 Å². The standard InChI is InChI=1S/C17H18Cl2N2O5/c1-4-17(2,3)20-13(22)8-26-14(23)7-21-15(24)9-5-11(18)12(19)6-10(9)16(21)25/h5-6H,4,7-8H2,1-3H3,(H,20,22). The number of rotatable bonds is 6. The smallest absolute Gasteiger partial charge is 0.326 e. The predicted molar refractivity (Wildman–Crippen MR) is 95.3 cm³/mol. The van der Waals surface area contributed by atoms with Crippen molar-refractivity contribution in [2.45, 2.75) is 32.7 Å². The first-order chi connectivity index (χ1) is 12.1. The molecule has 0 saturated carbocycles. The van der Waals surface area contributed by atoms with Crippen LogP contribution < -0.4 is 5.32 Å². The second-order valence-corrected chi connectivity index (χ2v) is 7.27. The first kappa shape index (κ1) is 20.2. The SMILES string of the molecule is CCC(C)(C)NC(=O)COC(=O)CN1C(=O)c2cc(Cl)c(Cl)cc2C1=O. The van der Waals surface area contributed by atoms with Crippen LogP contribution >= 0.6 is 23.2 Å². The van der Waals surface area contributed by atoms with Crippen LogP contribution in [-0.4, -0.2) is 47.3 Å². The van der Waals surface area contributed by atoms with Crippen LogP contribution in [0.25, 0.3) is 0 Å². The summed E-state index contributed by atoms with van der Waals surface area (Å²) < 4.78 is 4.85. The first-order valence-electron chi connectivity index (χ1n) is 7.87. The molecule has 0 unspecified atom stereocenters. The Kier molecular flexibility index (Phi) is 5.93. The van der Waals surface area contributed by atoms with E-state index in [1.54, 1.807) is 0 Å². The van der Waals surface area contributed by atoms with Crippen molar-refractivity contribution in [1.29, 1.82) is 0 Å². The monoisotopic (exact) mass is 400 g/mol. The molecule has 0 fully saturated rings. The maximum atomic E-state index is 12.3. The number of benzene rings is 1. The molecule has 0 spiro atoms. The van der Waals surface area contributed by atoms with Gasteiger partial charge in [0.2, 0.25) is 0 Å². The lowest BCUT2D eigenvalue weighted by Crippen LogP contribution is -2.45. The molecule has 0 radical (unpaired) electrons. The zero-order valence-electron chi connectivity index (χ0n) is 14.5. The van der Waals surface area contributed by atoms with Crippen molar-refractivity contribution in [3.63, 3.8) is 0 Å². The van der Waals surface area contributed by atoms with Crippen molar-refractivity contribution in [3.05, 3.63) is 33.3 Å². The van der Waals surface area contributed by atoms with Crippen LogP contribution in [0.3, 0.4) is 0 Å². The number of halogens is 2. The molecule has 0 atom stereocenters. The Balaban J connectivity index is 1.97. The summed E-state index contributed by atoms with van der Waals surface area (Å²) >= 11 is 11.7. The van der Waals surface area contributed by atoms with Crippen molar-refractivity contribution in [2.75, 3.05) is 13.2 Å². The molecule has 2 rings (SSSR count). The molecule has 0 bridgehead atoms. The number of ether oxygens (including phenoxy) is 1. The number of imide groups is 1. The highest BCUT2D eigenvalue weighted by Gasteiger charge is 2.37. The van der Waals surface area contributed by atoms with Gasteiger partial charge in [-0.25, -0.2) is 0 Å². The molecule has 0 aliphatic carbocycles. The largest absolute Gasteiger partial charge is 0.454 e. The Morgan fingerprint density at radius 2 is 1.62 bits per heavy atom. The summed E-state index contributed by atoms with van der Waals surface area (Å²) in [4.78, 5) is 49.0. The van der Waals surface area contributed by atoms with Gasteiger partial charge in [-0.2, -0.15) is 0 Å². The van der Waals surface area contributed by atoms with E-state index in [9.17, 15) is 19.2 Å². The van der Waals surface area contributed by atoms with E-state index >= 15 is 0 Å². The van der Waals surface area contributed by atoms with Gasteiger partial charge < -0.3 is 10.1 Å². The highest BCUT2D eigenvalue weighted by molar-refractivity contribution is 6.43. The minimum atomic E-state index is -0.874. The molecular formula is C17H18Cl2N2O5. The minimum Gasteiger partial charge on any atom is -0.454 e. The number of carbonyl (C=O) groups excluding carboxylic acids is 4. The fourth-order valence-corrected chi connectivity index (χ4v) is 2.58. The molecule has 0 aromatic heterocycles. The molecular weight excluding hydrogens is 383 g/mol. The second-order valence-electron chi connectivity index (χ2n) is 6.45. The second kappa shape index (κ2) is 7.63. The van der Waals surface area contributed by atoms with Gasteiger partial charge in [-0.15, -0.1) is 0 Å². The van der Waals surface area contributed by atoms with Crippen molar-refractivity contribution < 1.29 is 23.9 Å². The van der Waals surface area contributed by atoms with Gasteiger partial charge in [-0.05, 0) is 32.4 Å². The van der Waals surface area contributed by atoms with Gasteiger partial charge in [0, 0.05) is 5.54 Å². The van der Waals surface area contributed by atoms with Crippen molar-refractivity contribution in [1.82, 2.24) is 10.2 Å². The molecule has 1 aliphatic heterocycles. The van der Waals surface area contributed by atoms with Crippen LogP contribution in [0.2, 0.25) is 10.0 Å². The lowest BCUT2D eigenvalue weighted by Gasteiger charge is -2.24. The van der Waals surface area contributed by atoms with Crippen LogP contribution in [0, 0.1) is 0 Å². The van der Waals surface area contributed by atoms with E-state index in [1.165, 1.54) is 12.1 Å². The van der Waals surface area contributed by atoms with Gasteiger partial charge in [0.15, 0.2) is 6.61 Å². The molecule has 7 nitrogen and oxygen atoms in total. The minimum absolute atomic E-state index is 0.0691. The van der Waals surface area contributed by atoms with E-state index in [1.807, 2.05) is 20.8 Å². The average Bonchev–Trinajstić information content (AvgIpc) is 2.78. The molecule has 140 valence electrons. The quantitative estimate of drug-likeness (QED) is 0.584. The zero-order chi connectivity index (χ0) is 19.6. The van der Waals surface area contributed by atoms with Gasteiger partial charge in [0.05, 0.1) is 21.2 Å². The predicted octanol–water partition coefficient (Wildman–Crippen LogP) is 2.44. The Morgan fingerprint density at radius 3 is 2.08 bits per heavy atom. The van der Waals surface area contributed by atoms with Crippen LogP contribution in [0.1, 0.15) is 47.9 Å². The summed E-state index contributed by atoms with van der Waals surface area (Å²) in [5.41, 5.74) is -0.288. The summed E-state index contributed by atoms with van der Waals surface area (Å²) in [7, 11) is 0. The summed E-state index contributed by atoms with van der Waals surface area (Å²) in [6, 6.07) is 2.57. The number of esters is 1. The summed E-state index contributed by atoms with van der Waals surface area (Å²) in [5.74, 6) is -2.68. The first-order valence-corrected chi connectivity index (χ1v) is 8.63. The Labute approximate surface area is 160 Å². The normalized spacial score (nSPS) is 13.7. The van der Waals surface area contributed by atoms with Crippen LogP contribution in [0.5, 0.6) is 0 Å².